The summed E-state index contributed by atoms with van der Waals surface area (Å²) in [5.74, 6) is -1.07. The van der Waals surface area contributed by atoms with Gasteiger partial charge in [0.1, 0.15) is 5.54 Å². The maximum atomic E-state index is 13.3. The van der Waals surface area contributed by atoms with Gasteiger partial charge in [0.05, 0.1) is 10.0 Å². The van der Waals surface area contributed by atoms with Gasteiger partial charge < -0.3 is 15.8 Å². The molecule has 3 N–H and O–H groups in total. The summed E-state index contributed by atoms with van der Waals surface area (Å²) in [5.41, 5.74) is 5.36. The highest BCUT2D eigenvalue weighted by Gasteiger charge is 2.36. The monoisotopic (exact) mass is 306 g/mol. The Hall–Kier alpha value is -0.880. The van der Waals surface area contributed by atoms with E-state index in [0.29, 0.717) is 31.7 Å². The summed E-state index contributed by atoms with van der Waals surface area (Å²) in [6, 6.07) is 2.59. The van der Waals surface area contributed by atoms with Gasteiger partial charge in [-0.2, -0.15) is 0 Å². The maximum Gasteiger partial charge on any atom is 0.244 e. The van der Waals surface area contributed by atoms with Crippen molar-refractivity contribution in [2.75, 3.05) is 18.5 Å². The largest absolute Gasteiger partial charge is 0.381 e. The van der Waals surface area contributed by atoms with Crippen LogP contribution in [0, 0.1) is 5.82 Å². The molecule has 104 valence electrons. The molecule has 0 aromatic heterocycles. The van der Waals surface area contributed by atoms with E-state index in [0.717, 1.165) is 0 Å². The molecule has 19 heavy (non-hydrogen) atoms. The van der Waals surface area contributed by atoms with Crippen LogP contribution < -0.4 is 11.1 Å². The lowest BCUT2D eigenvalue weighted by Gasteiger charge is -2.31. The first-order valence-electron chi connectivity index (χ1n) is 5.75. The summed E-state index contributed by atoms with van der Waals surface area (Å²) < 4.78 is 18.4. The number of nitrogens with one attached hydrogen (secondary N) is 1. The first kappa shape index (κ1) is 14.5. The van der Waals surface area contributed by atoms with E-state index < -0.39 is 11.4 Å². The zero-order valence-corrected chi connectivity index (χ0v) is 11.5. The van der Waals surface area contributed by atoms with E-state index in [4.69, 9.17) is 33.7 Å². The quantitative estimate of drug-likeness (QED) is 0.825. The minimum absolute atomic E-state index is 0.152. The molecule has 0 aliphatic carbocycles. The lowest BCUT2D eigenvalue weighted by molar-refractivity contribution is -0.124. The number of rotatable bonds is 2. The van der Waals surface area contributed by atoms with Crippen molar-refractivity contribution in [2.45, 2.75) is 18.4 Å². The minimum atomic E-state index is -0.981. The molecule has 0 radical (unpaired) electrons. The molecule has 0 saturated carbocycles. The van der Waals surface area contributed by atoms with Crippen LogP contribution in [-0.2, 0) is 9.53 Å². The Kier molecular flexibility index (Phi) is 4.30. The molecule has 0 bridgehead atoms. The molecule has 1 aromatic rings. The van der Waals surface area contributed by atoms with Crippen molar-refractivity contribution in [3.8, 4) is 0 Å². The number of carbonyl (C=O) groups is 1. The van der Waals surface area contributed by atoms with E-state index in [-0.39, 0.29) is 16.0 Å². The molecule has 0 atom stereocenters. The Morgan fingerprint density at radius 3 is 2.37 bits per heavy atom. The maximum absolute atomic E-state index is 13.3. The summed E-state index contributed by atoms with van der Waals surface area (Å²) >= 11 is 11.3. The van der Waals surface area contributed by atoms with E-state index >= 15 is 0 Å². The fourth-order valence-corrected chi connectivity index (χ4v) is 2.33. The van der Waals surface area contributed by atoms with Crippen LogP contribution in [0.25, 0.3) is 0 Å². The molecule has 7 heteroatoms. The Labute approximate surface area is 120 Å². The van der Waals surface area contributed by atoms with E-state index in [1.54, 1.807) is 0 Å². The molecule has 0 unspecified atom stereocenters. The van der Waals surface area contributed by atoms with Gasteiger partial charge in [-0.15, -0.1) is 0 Å². The number of anilines is 1. The fourth-order valence-electron chi connectivity index (χ4n) is 1.85. The van der Waals surface area contributed by atoms with Gasteiger partial charge in [0.2, 0.25) is 5.91 Å². The van der Waals surface area contributed by atoms with Crippen molar-refractivity contribution >= 4 is 34.8 Å². The predicted octanol–water partition coefficient (Wildman–Crippen LogP) is 2.58. The minimum Gasteiger partial charge on any atom is -0.381 e. The van der Waals surface area contributed by atoms with Gasteiger partial charge in [-0.1, -0.05) is 23.2 Å². The second-order valence-corrected chi connectivity index (χ2v) is 5.29. The van der Waals surface area contributed by atoms with Crippen LogP contribution in [0.2, 0.25) is 10.0 Å². The van der Waals surface area contributed by atoms with Crippen LogP contribution in [0.5, 0.6) is 0 Å². The summed E-state index contributed by atoms with van der Waals surface area (Å²) in [4.78, 5) is 12.1. The number of ether oxygens (including phenoxy) is 1. The van der Waals surface area contributed by atoms with E-state index in [1.807, 2.05) is 0 Å². The summed E-state index contributed by atoms with van der Waals surface area (Å²) in [6.07, 6.45) is 0.864. The van der Waals surface area contributed by atoms with Crippen molar-refractivity contribution in [2.24, 2.45) is 5.73 Å². The van der Waals surface area contributed by atoms with Crippen molar-refractivity contribution in [1.29, 1.82) is 0 Å². The molecule has 1 saturated heterocycles. The molecule has 1 aromatic carbocycles. The van der Waals surface area contributed by atoms with E-state index in [1.165, 1.54) is 12.1 Å². The number of benzene rings is 1. The van der Waals surface area contributed by atoms with Gasteiger partial charge in [0, 0.05) is 18.9 Å². The van der Waals surface area contributed by atoms with Crippen LogP contribution in [0.4, 0.5) is 10.1 Å². The molecule has 1 aliphatic rings. The highest BCUT2D eigenvalue weighted by molar-refractivity contribution is 6.35. The average molecular weight is 307 g/mol. The molecule has 4 nitrogen and oxygen atoms in total. The van der Waals surface area contributed by atoms with Gasteiger partial charge in [0.25, 0.3) is 0 Å². The smallest absolute Gasteiger partial charge is 0.244 e. The summed E-state index contributed by atoms with van der Waals surface area (Å²) in [6.45, 7) is 0.879. The lowest BCUT2D eigenvalue weighted by Crippen LogP contribution is -2.54. The zero-order valence-electron chi connectivity index (χ0n) is 10.0. The Balaban J connectivity index is 2.14. The molecule has 1 heterocycles. The fraction of sp³-hybridized carbons (Fsp3) is 0.417. The number of halogens is 3. The number of hydrogen-bond donors (Lipinski definition) is 2. The van der Waals surface area contributed by atoms with Crippen LogP contribution in [0.1, 0.15) is 12.8 Å². The number of carbonyl (C=O) groups excluding carboxylic acids is 1. The van der Waals surface area contributed by atoms with Crippen molar-refractivity contribution in [1.82, 2.24) is 0 Å². The standard InChI is InChI=1S/C12H13Cl2FN2O2/c13-8-5-7(6-9(14)10(8)15)17-11(18)12(16)1-3-19-4-2-12/h5-6H,1-4,16H2,(H,17,18). The summed E-state index contributed by atoms with van der Waals surface area (Å²) in [5, 5.41) is 2.30. The third-order valence-electron chi connectivity index (χ3n) is 3.08. The highest BCUT2D eigenvalue weighted by Crippen LogP contribution is 2.28. The van der Waals surface area contributed by atoms with Gasteiger partial charge in [-0.3, -0.25) is 4.79 Å². The molecule has 1 amide bonds. The van der Waals surface area contributed by atoms with Crippen molar-refractivity contribution in [3.63, 3.8) is 0 Å². The number of amides is 1. The normalized spacial score (nSPS) is 18.1. The Bertz CT molecular complexity index is 481. The Morgan fingerprint density at radius 2 is 1.84 bits per heavy atom. The van der Waals surface area contributed by atoms with Crippen LogP contribution >= 0.6 is 23.2 Å². The van der Waals surface area contributed by atoms with Crippen LogP contribution in [0.3, 0.4) is 0 Å². The van der Waals surface area contributed by atoms with Crippen molar-refractivity contribution in [3.05, 3.63) is 28.0 Å². The summed E-state index contributed by atoms with van der Waals surface area (Å²) in [7, 11) is 0. The van der Waals surface area contributed by atoms with Crippen molar-refractivity contribution < 1.29 is 13.9 Å². The van der Waals surface area contributed by atoms with Gasteiger partial charge >= 0.3 is 0 Å². The first-order chi connectivity index (χ1) is 8.92. The SMILES string of the molecule is NC1(C(=O)Nc2cc(Cl)c(F)c(Cl)c2)CCOCC1. The van der Waals surface area contributed by atoms with E-state index in [2.05, 4.69) is 5.32 Å². The molecule has 0 spiro atoms. The molecule has 2 rings (SSSR count). The number of nitrogens with two attached hydrogens (primary N) is 1. The second-order valence-electron chi connectivity index (χ2n) is 4.48. The molecular formula is C12H13Cl2FN2O2. The first-order valence-corrected chi connectivity index (χ1v) is 6.50. The third kappa shape index (κ3) is 3.17. The predicted molar refractivity (Wildman–Crippen MR) is 72.0 cm³/mol. The van der Waals surface area contributed by atoms with Gasteiger partial charge in [-0.25, -0.2) is 4.39 Å². The highest BCUT2D eigenvalue weighted by atomic mass is 35.5. The Morgan fingerprint density at radius 1 is 1.32 bits per heavy atom. The second kappa shape index (κ2) is 5.63. The van der Waals surface area contributed by atoms with E-state index in [9.17, 15) is 9.18 Å². The molecule has 1 aliphatic heterocycles. The molecular weight excluding hydrogens is 294 g/mol. The zero-order chi connectivity index (χ0) is 14.0. The van der Waals surface area contributed by atoms with Gasteiger partial charge in [-0.05, 0) is 25.0 Å². The average Bonchev–Trinajstić information content (AvgIpc) is 2.36. The van der Waals surface area contributed by atoms with Crippen LogP contribution in [-0.4, -0.2) is 24.7 Å². The molecule has 1 fully saturated rings. The number of hydrogen-bond acceptors (Lipinski definition) is 3. The third-order valence-corrected chi connectivity index (χ3v) is 3.63. The van der Waals surface area contributed by atoms with Gasteiger partial charge in [0.15, 0.2) is 5.82 Å². The van der Waals surface area contributed by atoms with Crippen LogP contribution in [0.15, 0.2) is 12.1 Å². The topological polar surface area (TPSA) is 64.4 Å². The lowest BCUT2D eigenvalue weighted by atomic mass is 9.90.